The first-order valence-electron chi connectivity index (χ1n) is 6.07. The van der Waals surface area contributed by atoms with Gasteiger partial charge in [-0.15, -0.1) is 0 Å². The van der Waals surface area contributed by atoms with E-state index in [-0.39, 0.29) is 6.04 Å². The number of nitrogens with one attached hydrogen (secondary N) is 2. The molecule has 0 spiro atoms. The molecule has 0 aromatic rings. The summed E-state index contributed by atoms with van der Waals surface area (Å²) < 4.78 is 28.3. The van der Waals surface area contributed by atoms with Crippen LogP contribution in [0.1, 0.15) is 38.5 Å². The highest BCUT2D eigenvalue weighted by Crippen LogP contribution is 2.23. The van der Waals surface area contributed by atoms with Gasteiger partial charge >= 0.3 is 0 Å². The third-order valence-corrected chi connectivity index (χ3v) is 4.54. The van der Waals surface area contributed by atoms with Crippen molar-refractivity contribution in [3.05, 3.63) is 0 Å². The van der Waals surface area contributed by atoms with Crippen LogP contribution in [-0.2, 0) is 10.2 Å². The first-order valence-corrected chi connectivity index (χ1v) is 7.56. The van der Waals surface area contributed by atoms with Crippen molar-refractivity contribution in [2.24, 2.45) is 11.7 Å². The second-order valence-corrected chi connectivity index (χ2v) is 6.56. The molecule has 2 saturated carbocycles. The highest BCUT2D eigenvalue weighted by atomic mass is 32.2. The Morgan fingerprint density at radius 3 is 2.25 bits per heavy atom. The third-order valence-electron chi connectivity index (χ3n) is 3.35. The molecule has 0 radical (unpaired) electrons. The molecule has 0 unspecified atom stereocenters. The Kier molecular flexibility index (Phi) is 3.84. The van der Waals surface area contributed by atoms with Crippen molar-refractivity contribution in [1.82, 2.24) is 9.44 Å². The van der Waals surface area contributed by atoms with Crippen LogP contribution in [0.4, 0.5) is 0 Å². The lowest BCUT2D eigenvalue weighted by Gasteiger charge is -2.26. The Morgan fingerprint density at radius 1 is 1.06 bits per heavy atom. The average molecular weight is 247 g/mol. The molecule has 6 heteroatoms. The van der Waals surface area contributed by atoms with Gasteiger partial charge in [-0.1, -0.05) is 0 Å². The zero-order chi connectivity index (χ0) is 11.6. The molecule has 0 amide bonds. The second kappa shape index (κ2) is 5.00. The molecule has 16 heavy (non-hydrogen) atoms. The first-order chi connectivity index (χ1) is 7.55. The van der Waals surface area contributed by atoms with E-state index in [4.69, 9.17) is 5.73 Å². The molecule has 2 aliphatic carbocycles. The average Bonchev–Trinajstić information content (AvgIpc) is 3.00. The van der Waals surface area contributed by atoms with Gasteiger partial charge in [0.15, 0.2) is 0 Å². The second-order valence-electron chi connectivity index (χ2n) is 5.02. The molecule has 4 N–H and O–H groups in total. The van der Waals surface area contributed by atoms with Gasteiger partial charge in [-0.05, 0) is 44.4 Å². The minimum Gasteiger partial charge on any atom is -0.328 e. The molecular weight excluding hydrogens is 226 g/mol. The van der Waals surface area contributed by atoms with Crippen LogP contribution in [0.3, 0.4) is 0 Å². The van der Waals surface area contributed by atoms with Crippen LogP contribution in [0.25, 0.3) is 0 Å². The van der Waals surface area contributed by atoms with Gasteiger partial charge in [0.05, 0.1) is 0 Å². The van der Waals surface area contributed by atoms with Crippen molar-refractivity contribution in [2.45, 2.75) is 50.6 Å². The van der Waals surface area contributed by atoms with Crippen LogP contribution in [0.2, 0.25) is 0 Å². The first kappa shape index (κ1) is 12.3. The van der Waals surface area contributed by atoms with Gasteiger partial charge in [-0.25, -0.2) is 4.72 Å². The van der Waals surface area contributed by atoms with Crippen molar-refractivity contribution in [3.63, 3.8) is 0 Å². The predicted octanol–water partition coefficient (Wildman–Crippen LogP) is 0.0903. The summed E-state index contributed by atoms with van der Waals surface area (Å²) in [5.74, 6) is 0.454. The molecule has 0 saturated heterocycles. The molecule has 94 valence electrons. The zero-order valence-corrected chi connectivity index (χ0v) is 10.3. The summed E-state index contributed by atoms with van der Waals surface area (Å²) >= 11 is 0. The van der Waals surface area contributed by atoms with Crippen molar-refractivity contribution < 1.29 is 8.42 Å². The van der Waals surface area contributed by atoms with Crippen LogP contribution in [0, 0.1) is 5.92 Å². The van der Waals surface area contributed by atoms with Crippen molar-refractivity contribution in [1.29, 1.82) is 0 Å². The summed E-state index contributed by atoms with van der Waals surface area (Å²) in [7, 11) is -3.26. The van der Waals surface area contributed by atoms with Crippen LogP contribution in [0.15, 0.2) is 0 Å². The minimum absolute atomic E-state index is 0.178. The van der Waals surface area contributed by atoms with Gasteiger partial charge in [0.25, 0.3) is 10.2 Å². The number of rotatable bonds is 5. The Hall–Kier alpha value is -0.170. The highest BCUT2D eigenvalue weighted by Gasteiger charge is 2.27. The maximum absolute atomic E-state index is 11.5. The summed E-state index contributed by atoms with van der Waals surface area (Å²) in [6.07, 6.45) is 6.05. The van der Waals surface area contributed by atoms with Gasteiger partial charge in [0, 0.05) is 18.6 Å². The fraction of sp³-hybridized carbons (Fsp3) is 1.00. The Labute approximate surface area is 97.3 Å². The fourth-order valence-electron chi connectivity index (χ4n) is 2.08. The number of hydrogen-bond donors (Lipinski definition) is 3. The molecule has 2 aliphatic rings. The lowest BCUT2D eigenvalue weighted by atomic mass is 9.87. The van der Waals surface area contributed by atoms with Crippen molar-refractivity contribution in [3.8, 4) is 0 Å². The molecule has 0 bridgehead atoms. The van der Waals surface area contributed by atoms with Crippen molar-refractivity contribution in [2.75, 3.05) is 6.54 Å². The summed E-state index contributed by atoms with van der Waals surface area (Å²) in [6.45, 7) is 0.550. The van der Waals surface area contributed by atoms with Gasteiger partial charge < -0.3 is 5.73 Å². The van der Waals surface area contributed by atoms with E-state index >= 15 is 0 Å². The van der Waals surface area contributed by atoms with Crippen LogP contribution in [0.5, 0.6) is 0 Å². The fourth-order valence-corrected chi connectivity index (χ4v) is 3.30. The van der Waals surface area contributed by atoms with Crippen LogP contribution in [-0.4, -0.2) is 27.0 Å². The summed E-state index contributed by atoms with van der Waals surface area (Å²) in [6, 6.07) is 0.495. The summed E-state index contributed by atoms with van der Waals surface area (Å²) in [4.78, 5) is 0. The molecule has 5 nitrogen and oxygen atoms in total. The van der Waals surface area contributed by atoms with E-state index in [0.29, 0.717) is 18.5 Å². The lowest BCUT2D eigenvalue weighted by molar-refractivity contribution is 0.326. The quantitative estimate of drug-likeness (QED) is 0.644. The van der Waals surface area contributed by atoms with Gasteiger partial charge in [0.1, 0.15) is 0 Å². The van der Waals surface area contributed by atoms with E-state index in [1.54, 1.807) is 0 Å². The molecule has 0 heterocycles. The number of hydrogen-bond acceptors (Lipinski definition) is 3. The Bertz CT molecular complexity index is 319. The number of nitrogens with two attached hydrogens (primary N) is 1. The van der Waals surface area contributed by atoms with E-state index < -0.39 is 10.2 Å². The van der Waals surface area contributed by atoms with Gasteiger partial charge in [0.2, 0.25) is 0 Å². The lowest BCUT2D eigenvalue weighted by Crippen LogP contribution is -2.41. The van der Waals surface area contributed by atoms with Gasteiger partial charge in [-0.3, -0.25) is 0 Å². The molecule has 2 rings (SSSR count). The normalized spacial score (nSPS) is 31.6. The molecule has 0 aliphatic heterocycles. The molecular formula is C10H21N3O2S. The maximum Gasteiger partial charge on any atom is 0.277 e. The minimum atomic E-state index is -3.26. The topological polar surface area (TPSA) is 84.2 Å². The van der Waals surface area contributed by atoms with Gasteiger partial charge in [-0.2, -0.15) is 13.1 Å². The molecule has 0 aromatic heterocycles. The maximum atomic E-state index is 11.5. The summed E-state index contributed by atoms with van der Waals surface area (Å²) in [5, 5.41) is 0. The van der Waals surface area contributed by atoms with E-state index in [0.717, 1.165) is 38.5 Å². The SMILES string of the molecule is NC1CCC(CNS(=O)(=O)NC2CC2)CC1. The molecule has 0 atom stereocenters. The smallest absolute Gasteiger partial charge is 0.277 e. The summed E-state index contributed by atoms with van der Waals surface area (Å²) in [5.41, 5.74) is 5.80. The standard InChI is InChI=1S/C10H21N3O2S/c11-9-3-1-8(2-4-9)7-12-16(14,15)13-10-5-6-10/h8-10,12-13H,1-7,11H2. The molecule has 0 aromatic carbocycles. The third kappa shape index (κ3) is 4.01. The zero-order valence-electron chi connectivity index (χ0n) is 9.48. The Balaban J connectivity index is 1.69. The van der Waals surface area contributed by atoms with Crippen LogP contribution >= 0.6 is 0 Å². The van der Waals surface area contributed by atoms with Crippen LogP contribution < -0.4 is 15.2 Å². The predicted molar refractivity (Wildman–Crippen MR) is 63.0 cm³/mol. The molecule has 2 fully saturated rings. The highest BCUT2D eigenvalue weighted by molar-refractivity contribution is 7.87. The Morgan fingerprint density at radius 2 is 1.69 bits per heavy atom. The monoisotopic (exact) mass is 247 g/mol. The van der Waals surface area contributed by atoms with Crippen molar-refractivity contribution >= 4 is 10.2 Å². The largest absolute Gasteiger partial charge is 0.328 e. The van der Waals surface area contributed by atoms with E-state index in [1.807, 2.05) is 0 Å². The van der Waals surface area contributed by atoms with E-state index in [1.165, 1.54) is 0 Å². The van der Waals surface area contributed by atoms with E-state index in [2.05, 4.69) is 9.44 Å². The van der Waals surface area contributed by atoms with E-state index in [9.17, 15) is 8.42 Å².